The molecule has 10 heteroatoms. The smallest absolute Gasteiger partial charge is 0.318 e. The maximum Gasteiger partial charge on any atom is 0.318 e. The third-order valence-corrected chi connectivity index (χ3v) is 4.21. The average Bonchev–Trinajstić information content (AvgIpc) is 3.05. The monoisotopic (exact) mass is 364 g/mol. The molecule has 8 nitrogen and oxygen atoms in total. The molecule has 0 bridgehead atoms. The first-order valence-corrected chi connectivity index (χ1v) is 8.16. The molecular weight excluding hydrogens is 352 g/mol. The molecule has 0 saturated heterocycles. The van der Waals surface area contributed by atoms with Gasteiger partial charge in [0.2, 0.25) is 16.0 Å². The molecule has 0 spiro atoms. The summed E-state index contributed by atoms with van der Waals surface area (Å²) in [7, 11) is 0. The van der Waals surface area contributed by atoms with E-state index in [2.05, 4.69) is 15.4 Å². The molecule has 0 radical (unpaired) electrons. The zero-order valence-corrected chi connectivity index (χ0v) is 13.9. The molecular formula is C14H13ClN6O2S. The van der Waals surface area contributed by atoms with Gasteiger partial charge in [-0.25, -0.2) is 14.3 Å². The van der Waals surface area contributed by atoms with Crippen LogP contribution in [0.2, 0.25) is 5.02 Å². The Bertz CT molecular complexity index is 857. The van der Waals surface area contributed by atoms with Crippen molar-refractivity contribution in [1.82, 2.24) is 19.9 Å². The highest BCUT2D eigenvalue weighted by Crippen LogP contribution is 2.25. The number of imidazole rings is 1. The van der Waals surface area contributed by atoms with Gasteiger partial charge in [0.05, 0.1) is 11.9 Å². The van der Waals surface area contributed by atoms with E-state index in [9.17, 15) is 9.59 Å². The highest BCUT2D eigenvalue weighted by molar-refractivity contribution is 7.20. The van der Waals surface area contributed by atoms with Crippen molar-refractivity contribution in [3.8, 4) is 11.3 Å². The van der Waals surface area contributed by atoms with E-state index in [-0.39, 0.29) is 6.42 Å². The quantitative estimate of drug-likeness (QED) is 0.641. The van der Waals surface area contributed by atoms with E-state index in [4.69, 9.17) is 17.3 Å². The number of fused-ring (bicyclic) bond motifs is 1. The van der Waals surface area contributed by atoms with Crippen molar-refractivity contribution in [2.75, 3.05) is 11.9 Å². The van der Waals surface area contributed by atoms with E-state index in [1.807, 2.05) is 35.8 Å². The zero-order valence-electron chi connectivity index (χ0n) is 12.3. The number of benzene rings is 1. The van der Waals surface area contributed by atoms with E-state index in [1.165, 1.54) is 11.3 Å². The van der Waals surface area contributed by atoms with Gasteiger partial charge >= 0.3 is 6.03 Å². The van der Waals surface area contributed by atoms with Crippen molar-refractivity contribution >= 4 is 45.0 Å². The van der Waals surface area contributed by atoms with E-state index in [0.29, 0.717) is 16.7 Å². The molecule has 0 aliphatic heterocycles. The van der Waals surface area contributed by atoms with Crippen molar-refractivity contribution in [3.63, 3.8) is 0 Å². The fourth-order valence-corrected chi connectivity index (χ4v) is 2.95. The molecule has 0 atom stereocenters. The number of carbonyl (C=O) groups is 2. The lowest BCUT2D eigenvalue weighted by atomic mass is 10.2. The number of anilines is 1. The van der Waals surface area contributed by atoms with Crippen molar-refractivity contribution in [2.24, 2.45) is 5.73 Å². The Labute approximate surface area is 145 Å². The lowest BCUT2D eigenvalue weighted by molar-refractivity contribution is -0.119. The van der Waals surface area contributed by atoms with Gasteiger partial charge in [-0.1, -0.05) is 35.1 Å². The van der Waals surface area contributed by atoms with E-state index < -0.39 is 11.9 Å². The Morgan fingerprint density at radius 1 is 1.29 bits per heavy atom. The van der Waals surface area contributed by atoms with Crippen LogP contribution in [-0.2, 0) is 4.79 Å². The SMILES string of the molecule is NC(=O)NC(=O)CCNc1nn2cc(-c3ccc(Cl)cc3)nc2s1. The van der Waals surface area contributed by atoms with Crippen LogP contribution in [0.5, 0.6) is 0 Å². The Kier molecular flexibility index (Phi) is 4.63. The molecule has 0 unspecified atom stereocenters. The molecule has 24 heavy (non-hydrogen) atoms. The van der Waals surface area contributed by atoms with Crippen LogP contribution in [-0.4, -0.2) is 33.1 Å². The lowest BCUT2D eigenvalue weighted by Crippen LogP contribution is -2.35. The van der Waals surface area contributed by atoms with Crippen LogP contribution in [0.3, 0.4) is 0 Å². The molecule has 1 aromatic carbocycles. The lowest BCUT2D eigenvalue weighted by Gasteiger charge is -2.01. The number of carbonyl (C=O) groups excluding carboxylic acids is 2. The number of nitrogens with zero attached hydrogens (tertiary/aromatic N) is 3. The number of primary amides is 1. The Morgan fingerprint density at radius 3 is 2.71 bits per heavy atom. The van der Waals surface area contributed by atoms with Crippen LogP contribution < -0.4 is 16.4 Å². The van der Waals surface area contributed by atoms with Gasteiger partial charge in [0.15, 0.2) is 0 Å². The number of hydrogen-bond acceptors (Lipinski definition) is 6. The first-order chi connectivity index (χ1) is 11.5. The topological polar surface area (TPSA) is 114 Å². The number of rotatable bonds is 5. The van der Waals surface area contributed by atoms with Crippen molar-refractivity contribution in [3.05, 3.63) is 35.5 Å². The third-order valence-electron chi connectivity index (χ3n) is 3.07. The Morgan fingerprint density at radius 2 is 2.04 bits per heavy atom. The summed E-state index contributed by atoms with van der Waals surface area (Å²) in [6, 6.07) is 6.54. The first-order valence-electron chi connectivity index (χ1n) is 6.96. The second-order valence-electron chi connectivity index (χ2n) is 4.86. The number of nitrogens with one attached hydrogen (secondary N) is 2. The molecule has 2 aromatic heterocycles. The summed E-state index contributed by atoms with van der Waals surface area (Å²) < 4.78 is 1.67. The van der Waals surface area contributed by atoms with Crippen LogP contribution in [0.1, 0.15) is 6.42 Å². The molecule has 124 valence electrons. The molecule has 0 fully saturated rings. The van der Waals surface area contributed by atoms with Crippen LogP contribution in [0.4, 0.5) is 9.93 Å². The average molecular weight is 365 g/mol. The maximum atomic E-state index is 11.3. The van der Waals surface area contributed by atoms with Crippen molar-refractivity contribution < 1.29 is 9.59 Å². The summed E-state index contributed by atoms with van der Waals surface area (Å²) in [5.41, 5.74) is 6.62. The second kappa shape index (κ2) is 6.85. The molecule has 0 aliphatic carbocycles. The summed E-state index contributed by atoms with van der Waals surface area (Å²) in [5.74, 6) is -0.443. The van der Waals surface area contributed by atoms with Gasteiger partial charge in [0, 0.05) is 23.6 Å². The van der Waals surface area contributed by atoms with Gasteiger partial charge in [0.25, 0.3) is 0 Å². The highest BCUT2D eigenvalue weighted by Gasteiger charge is 2.10. The van der Waals surface area contributed by atoms with Crippen LogP contribution in [0.15, 0.2) is 30.5 Å². The summed E-state index contributed by atoms with van der Waals surface area (Å²) in [6.07, 6.45) is 1.93. The van der Waals surface area contributed by atoms with Gasteiger partial charge in [0.1, 0.15) is 0 Å². The molecule has 0 saturated carbocycles. The highest BCUT2D eigenvalue weighted by atomic mass is 35.5. The number of aromatic nitrogens is 3. The largest absolute Gasteiger partial charge is 0.360 e. The van der Waals surface area contributed by atoms with E-state index in [1.54, 1.807) is 4.52 Å². The molecule has 4 N–H and O–H groups in total. The van der Waals surface area contributed by atoms with Crippen molar-refractivity contribution in [1.29, 1.82) is 0 Å². The molecule has 2 heterocycles. The summed E-state index contributed by atoms with van der Waals surface area (Å²) in [5, 5.41) is 10.7. The van der Waals surface area contributed by atoms with E-state index >= 15 is 0 Å². The predicted molar refractivity (Wildman–Crippen MR) is 92.1 cm³/mol. The fourth-order valence-electron chi connectivity index (χ4n) is 2.01. The zero-order chi connectivity index (χ0) is 17.1. The number of imide groups is 1. The normalized spacial score (nSPS) is 10.7. The molecule has 0 aliphatic rings. The summed E-state index contributed by atoms with van der Waals surface area (Å²) in [6.45, 7) is 0.333. The molecule has 3 rings (SSSR count). The van der Waals surface area contributed by atoms with Crippen molar-refractivity contribution in [2.45, 2.75) is 6.42 Å². The predicted octanol–water partition coefficient (Wildman–Crippen LogP) is 2.11. The minimum absolute atomic E-state index is 0.112. The van der Waals surface area contributed by atoms with Crippen LogP contribution >= 0.6 is 22.9 Å². The minimum atomic E-state index is -0.859. The van der Waals surface area contributed by atoms with Gasteiger partial charge in [-0.15, -0.1) is 5.10 Å². The summed E-state index contributed by atoms with van der Waals surface area (Å²) >= 11 is 7.24. The van der Waals surface area contributed by atoms with Gasteiger partial charge in [-0.2, -0.15) is 0 Å². The van der Waals surface area contributed by atoms with E-state index in [0.717, 1.165) is 16.2 Å². The number of hydrogen-bond donors (Lipinski definition) is 3. The maximum absolute atomic E-state index is 11.3. The number of halogens is 1. The Balaban J connectivity index is 1.63. The Hall–Kier alpha value is -2.65. The molecule has 3 amide bonds. The number of amides is 3. The third kappa shape index (κ3) is 3.81. The molecule has 3 aromatic rings. The summed E-state index contributed by atoms with van der Waals surface area (Å²) in [4.78, 5) is 27.1. The van der Waals surface area contributed by atoms with Gasteiger partial charge < -0.3 is 11.1 Å². The first kappa shape index (κ1) is 16.2. The second-order valence-corrected chi connectivity index (χ2v) is 6.25. The minimum Gasteiger partial charge on any atom is -0.360 e. The number of urea groups is 1. The van der Waals surface area contributed by atoms with Crippen LogP contribution in [0.25, 0.3) is 16.2 Å². The standard InChI is InChI=1S/C14H13ClN6O2S/c15-9-3-1-8(2-4-9)10-7-21-14(18-10)24-13(20-21)17-6-5-11(22)19-12(16)23/h1-4,7H,5-6H2,(H,17,20)(H3,16,19,22,23). The fraction of sp³-hybridized carbons (Fsp3) is 0.143. The van der Waals surface area contributed by atoms with Gasteiger partial charge in [-0.05, 0) is 12.1 Å². The van der Waals surface area contributed by atoms with Gasteiger partial charge in [-0.3, -0.25) is 10.1 Å². The van der Waals surface area contributed by atoms with Crippen LogP contribution in [0, 0.1) is 0 Å². The number of nitrogens with two attached hydrogens (primary N) is 1.